The molecule has 2 aromatic carbocycles. The highest BCUT2D eigenvalue weighted by Gasteiger charge is 2.27. The van der Waals surface area contributed by atoms with Crippen molar-refractivity contribution in [1.82, 2.24) is 0 Å². The molecule has 1 aliphatic heterocycles. The second-order valence-corrected chi connectivity index (χ2v) is 6.11. The van der Waals surface area contributed by atoms with Crippen molar-refractivity contribution < 1.29 is 19.4 Å². The highest BCUT2D eigenvalue weighted by Crippen LogP contribution is 2.36. The van der Waals surface area contributed by atoms with E-state index in [4.69, 9.17) is 4.74 Å². The topological polar surface area (TPSA) is 66.8 Å². The lowest BCUT2D eigenvalue weighted by molar-refractivity contribution is -0.121. The SMILES string of the molecule is CC(C)c1ccc2c(c1)N(Cc1ccccc1C(=O)O)C(=O)CO2. The van der Waals surface area contributed by atoms with E-state index in [0.29, 0.717) is 22.9 Å². The van der Waals surface area contributed by atoms with Gasteiger partial charge >= 0.3 is 5.97 Å². The summed E-state index contributed by atoms with van der Waals surface area (Å²) in [6.45, 7) is 4.33. The van der Waals surface area contributed by atoms with Crippen LogP contribution in [0.1, 0.15) is 41.3 Å². The molecule has 3 rings (SSSR count). The van der Waals surface area contributed by atoms with Crippen LogP contribution >= 0.6 is 0 Å². The molecule has 1 N–H and O–H groups in total. The maximum atomic E-state index is 12.4. The molecule has 5 heteroatoms. The fourth-order valence-corrected chi connectivity index (χ4v) is 2.79. The van der Waals surface area contributed by atoms with Gasteiger partial charge in [0.1, 0.15) is 5.75 Å². The Morgan fingerprint density at radius 2 is 2.00 bits per heavy atom. The molecular formula is C19H19NO4. The van der Waals surface area contributed by atoms with Gasteiger partial charge in [0.05, 0.1) is 17.8 Å². The summed E-state index contributed by atoms with van der Waals surface area (Å²) in [5.41, 5.74) is 2.60. The first-order chi connectivity index (χ1) is 11.5. The van der Waals surface area contributed by atoms with Gasteiger partial charge in [0.15, 0.2) is 6.61 Å². The average molecular weight is 325 g/mol. The second-order valence-electron chi connectivity index (χ2n) is 6.11. The van der Waals surface area contributed by atoms with E-state index in [-0.39, 0.29) is 24.6 Å². The van der Waals surface area contributed by atoms with Crippen LogP contribution in [-0.4, -0.2) is 23.6 Å². The molecular weight excluding hydrogens is 306 g/mol. The van der Waals surface area contributed by atoms with Crippen molar-refractivity contribution in [2.24, 2.45) is 0 Å². The quantitative estimate of drug-likeness (QED) is 0.935. The molecule has 0 aromatic heterocycles. The second kappa shape index (κ2) is 6.35. The fourth-order valence-electron chi connectivity index (χ4n) is 2.79. The van der Waals surface area contributed by atoms with Crippen molar-refractivity contribution in [3.8, 4) is 5.75 Å². The van der Waals surface area contributed by atoms with Gasteiger partial charge in [0.25, 0.3) is 5.91 Å². The van der Waals surface area contributed by atoms with Crippen LogP contribution in [0.2, 0.25) is 0 Å². The number of fused-ring (bicyclic) bond motifs is 1. The molecule has 0 radical (unpaired) electrons. The van der Waals surface area contributed by atoms with Crippen LogP contribution < -0.4 is 9.64 Å². The van der Waals surface area contributed by atoms with Gasteiger partial charge in [-0.3, -0.25) is 4.79 Å². The first-order valence-corrected chi connectivity index (χ1v) is 7.85. The molecule has 1 amide bonds. The minimum absolute atomic E-state index is 0.0384. The number of nitrogens with zero attached hydrogens (tertiary/aromatic N) is 1. The monoisotopic (exact) mass is 325 g/mol. The number of carboxylic acids is 1. The maximum Gasteiger partial charge on any atom is 0.336 e. The molecule has 0 fully saturated rings. The first-order valence-electron chi connectivity index (χ1n) is 7.85. The van der Waals surface area contributed by atoms with Crippen molar-refractivity contribution in [3.63, 3.8) is 0 Å². The van der Waals surface area contributed by atoms with Crippen molar-refractivity contribution in [2.45, 2.75) is 26.3 Å². The van der Waals surface area contributed by atoms with Crippen LogP contribution in [-0.2, 0) is 11.3 Å². The van der Waals surface area contributed by atoms with Gasteiger partial charge in [-0.2, -0.15) is 0 Å². The predicted molar refractivity (Wildman–Crippen MR) is 90.6 cm³/mol. The molecule has 0 bridgehead atoms. The van der Waals surface area contributed by atoms with Crippen LogP contribution in [0.25, 0.3) is 0 Å². The van der Waals surface area contributed by atoms with Crippen molar-refractivity contribution in [2.75, 3.05) is 11.5 Å². The van der Waals surface area contributed by atoms with Gasteiger partial charge in [-0.05, 0) is 35.2 Å². The van der Waals surface area contributed by atoms with E-state index >= 15 is 0 Å². The fraction of sp³-hybridized carbons (Fsp3) is 0.263. The molecule has 2 aromatic rings. The highest BCUT2D eigenvalue weighted by molar-refractivity contribution is 5.98. The van der Waals surface area contributed by atoms with Crippen LogP contribution in [0.4, 0.5) is 5.69 Å². The standard InChI is InChI=1S/C19H19NO4/c1-12(2)13-7-8-17-16(9-13)20(18(21)11-24-17)10-14-5-3-4-6-15(14)19(22)23/h3-9,12H,10-11H2,1-2H3,(H,22,23). The van der Waals surface area contributed by atoms with Gasteiger partial charge in [-0.1, -0.05) is 38.1 Å². The Hall–Kier alpha value is -2.82. The lowest BCUT2D eigenvalue weighted by atomic mass is 10.0. The molecule has 0 saturated carbocycles. The molecule has 1 heterocycles. The Bertz CT molecular complexity index is 798. The van der Waals surface area contributed by atoms with Crippen molar-refractivity contribution in [3.05, 3.63) is 59.2 Å². The normalized spacial score (nSPS) is 13.6. The predicted octanol–water partition coefficient (Wildman–Crippen LogP) is 3.43. The van der Waals surface area contributed by atoms with E-state index in [1.807, 2.05) is 18.2 Å². The Balaban J connectivity index is 2.02. The zero-order valence-corrected chi connectivity index (χ0v) is 13.7. The first kappa shape index (κ1) is 16.1. The summed E-state index contributed by atoms with van der Waals surface area (Å²) in [6.07, 6.45) is 0. The Morgan fingerprint density at radius 1 is 1.25 bits per heavy atom. The number of hydrogen-bond acceptors (Lipinski definition) is 3. The third kappa shape index (κ3) is 2.97. The smallest absolute Gasteiger partial charge is 0.336 e. The van der Waals surface area contributed by atoms with Crippen LogP contribution in [0.5, 0.6) is 5.75 Å². The molecule has 0 spiro atoms. The number of aromatic carboxylic acids is 1. The Morgan fingerprint density at radius 3 is 2.71 bits per heavy atom. The molecule has 124 valence electrons. The number of carbonyl (C=O) groups excluding carboxylic acids is 1. The number of ether oxygens (including phenoxy) is 1. The summed E-state index contributed by atoms with van der Waals surface area (Å²) < 4.78 is 5.51. The number of carbonyl (C=O) groups is 2. The van der Waals surface area contributed by atoms with E-state index in [9.17, 15) is 14.7 Å². The van der Waals surface area contributed by atoms with E-state index in [1.165, 1.54) is 0 Å². The molecule has 1 aliphatic rings. The molecule has 0 aliphatic carbocycles. The zero-order chi connectivity index (χ0) is 17.3. The van der Waals surface area contributed by atoms with Gasteiger partial charge in [0.2, 0.25) is 0 Å². The van der Waals surface area contributed by atoms with E-state index in [0.717, 1.165) is 5.56 Å². The van der Waals surface area contributed by atoms with Crippen LogP contribution in [0, 0.1) is 0 Å². The van der Waals surface area contributed by atoms with E-state index in [2.05, 4.69) is 13.8 Å². The summed E-state index contributed by atoms with van der Waals surface area (Å²) in [7, 11) is 0. The molecule has 5 nitrogen and oxygen atoms in total. The maximum absolute atomic E-state index is 12.4. The van der Waals surface area contributed by atoms with Gasteiger partial charge < -0.3 is 14.7 Å². The summed E-state index contributed by atoms with van der Waals surface area (Å²) in [5, 5.41) is 9.35. The number of amides is 1. The molecule has 0 unspecified atom stereocenters. The highest BCUT2D eigenvalue weighted by atomic mass is 16.5. The van der Waals surface area contributed by atoms with E-state index in [1.54, 1.807) is 29.2 Å². The van der Waals surface area contributed by atoms with Crippen LogP contribution in [0.15, 0.2) is 42.5 Å². The summed E-state index contributed by atoms with van der Waals surface area (Å²) in [4.78, 5) is 25.4. The van der Waals surface area contributed by atoms with Crippen LogP contribution in [0.3, 0.4) is 0 Å². The van der Waals surface area contributed by atoms with Gasteiger partial charge in [-0.15, -0.1) is 0 Å². The number of hydrogen-bond donors (Lipinski definition) is 1. The number of carboxylic acid groups (broad SMARTS) is 1. The van der Waals surface area contributed by atoms with E-state index < -0.39 is 5.97 Å². The van der Waals surface area contributed by atoms with Gasteiger partial charge in [0, 0.05) is 0 Å². The minimum Gasteiger partial charge on any atom is -0.482 e. The molecule has 0 atom stereocenters. The summed E-state index contributed by atoms with van der Waals surface area (Å²) >= 11 is 0. The Kier molecular flexibility index (Phi) is 4.25. The third-order valence-electron chi connectivity index (χ3n) is 4.17. The number of benzene rings is 2. The molecule has 24 heavy (non-hydrogen) atoms. The lowest BCUT2D eigenvalue weighted by Crippen LogP contribution is -2.38. The largest absolute Gasteiger partial charge is 0.482 e. The Labute approximate surface area is 140 Å². The van der Waals surface area contributed by atoms with Gasteiger partial charge in [-0.25, -0.2) is 4.79 Å². The van der Waals surface area contributed by atoms with Crippen molar-refractivity contribution >= 4 is 17.6 Å². The zero-order valence-electron chi connectivity index (χ0n) is 13.7. The average Bonchev–Trinajstić information content (AvgIpc) is 2.57. The number of anilines is 1. The summed E-state index contributed by atoms with van der Waals surface area (Å²) in [6, 6.07) is 12.5. The third-order valence-corrected chi connectivity index (χ3v) is 4.17. The minimum atomic E-state index is -0.998. The number of rotatable bonds is 4. The summed E-state index contributed by atoms with van der Waals surface area (Å²) in [5.74, 6) is -0.210. The molecule has 0 saturated heterocycles. The van der Waals surface area contributed by atoms with Crippen molar-refractivity contribution in [1.29, 1.82) is 0 Å². The lowest BCUT2D eigenvalue weighted by Gasteiger charge is -2.30.